The molecule has 0 amide bonds. The van der Waals surface area contributed by atoms with E-state index in [9.17, 15) is 4.79 Å². The van der Waals surface area contributed by atoms with Crippen molar-refractivity contribution >= 4 is 5.78 Å². The Morgan fingerprint density at radius 1 is 1.50 bits per heavy atom. The Morgan fingerprint density at radius 2 is 2.00 bits per heavy atom. The van der Waals surface area contributed by atoms with Crippen LogP contribution in [0.4, 0.5) is 0 Å². The van der Waals surface area contributed by atoms with E-state index < -0.39 is 5.54 Å². The molecule has 1 heterocycles. The summed E-state index contributed by atoms with van der Waals surface area (Å²) in [4.78, 5) is 11.5. The zero-order chi connectivity index (χ0) is 9.19. The molecule has 0 saturated carbocycles. The van der Waals surface area contributed by atoms with Gasteiger partial charge in [0, 0.05) is 13.2 Å². The molecule has 1 aliphatic rings. The van der Waals surface area contributed by atoms with Crippen LogP contribution in [0.1, 0.15) is 19.8 Å². The van der Waals surface area contributed by atoms with Gasteiger partial charge in [-0.2, -0.15) is 0 Å². The molecule has 0 unspecified atom stereocenters. The van der Waals surface area contributed by atoms with Gasteiger partial charge in [-0.15, -0.1) is 0 Å². The van der Waals surface area contributed by atoms with Crippen molar-refractivity contribution in [3.05, 3.63) is 12.2 Å². The highest BCUT2D eigenvalue weighted by Crippen LogP contribution is 2.21. The minimum absolute atomic E-state index is 0.0224. The van der Waals surface area contributed by atoms with Crippen molar-refractivity contribution < 1.29 is 9.53 Å². The van der Waals surface area contributed by atoms with Crippen molar-refractivity contribution in [2.45, 2.75) is 25.3 Å². The Morgan fingerprint density at radius 3 is 2.42 bits per heavy atom. The summed E-state index contributed by atoms with van der Waals surface area (Å²) in [5.41, 5.74) is 5.75. The summed E-state index contributed by atoms with van der Waals surface area (Å²) in [6.45, 7) is 6.46. The maximum Gasteiger partial charge on any atom is 0.177 e. The summed E-state index contributed by atoms with van der Waals surface area (Å²) in [5.74, 6) is -0.0224. The van der Waals surface area contributed by atoms with E-state index in [1.165, 1.54) is 0 Å². The molecule has 0 atom stereocenters. The molecule has 0 aliphatic carbocycles. The summed E-state index contributed by atoms with van der Waals surface area (Å²) in [6, 6.07) is 0. The van der Waals surface area contributed by atoms with Gasteiger partial charge in [-0.1, -0.05) is 6.58 Å². The van der Waals surface area contributed by atoms with Gasteiger partial charge in [0.25, 0.3) is 0 Å². The van der Waals surface area contributed by atoms with Gasteiger partial charge in [0.1, 0.15) is 0 Å². The van der Waals surface area contributed by atoms with E-state index in [4.69, 9.17) is 10.5 Å². The molecule has 0 aromatic heterocycles. The van der Waals surface area contributed by atoms with Crippen LogP contribution < -0.4 is 5.73 Å². The van der Waals surface area contributed by atoms with Crippen LogP contribution in [-0.4, -0.2) is 24.5 Å². The van der Waals surface area contributed by atoms with Crippen LogP contribution in [-0.2, 0) is 9.53 Å². The lowest BCUT2D eigenvalue weighted by atomic mass is 9.84. The van der Waals surface area contributed by atoms with Crippen molar-refractivity contribution in [1.29, 1.82) is 0 Å². The third kappa shape index (κ3) is 1.73. The quantitative estimate of drug-likeness (QED) is 0.617. The van der Waals surface area contributed by atoms with Gasteiger partial charge in [-0.3, -0.25) is 4.79 Å². The van der Waals surface area contributed by atoms with E-state index in [1.54, 1.807) is 6.92 Å². The van der Waals surface area contributed by atoms with Gasteiger partial charge in [0.2, 0.25) is 0 Å². The highest BCUT2D eigenvalue weighted by atomic mass is 16.5. The monoisotopic (exact) mass is 169 g/mol. The lowest BCUT2D eigenvalue weighted by Crippen LogP contribution is -2.52. The van der Waals surface area contributed by atoms with Crippen LogP contribution in [0.25, 0.3) is 0 Å². The van der Waals surface area contributed by atoms with Crippen LogP contribution in [0.2, 0.25) is 0 Å². The summed E-state index contributed by atoms with van der Waals surface area (Å²) < 4.78 is 5.13. The van der Waals surface area contributed by atoms with Crippen molar-refractivity contribution in [2.75, 3.05) is 13.2 Å². The Hall–Kier alpha value is -0.670. The number of ether oxygens (including phenoxy) is 1. The first kappa shape index (κ1) is 9.42. The van der Waals surface area contributed by atoms with Crippen LogP contribution in [0.15, 0.2) is 12.2 Å². The molecule has 12 heavy (non-hydrogen) atoms. The molecule has 0 aromatic rings. The van der Waals surface area contributed by atoms with Crippen LogP contribution in [0, 0.1) is 0 Å². The van der Waals surface area contributed by atoms with Crippen molar-refractivity contribution in [2.24, 2.45) is 5.73 Å². The van der Waals surface area contributed by atoms with Gasteiger partial charge in [0.05, 0.1) is 5.54 Å². The van der Waals surface area contributed by atoms with Crippen molar-refractivity contribution in [1.82, 2.24) is 0 Å². The third-order valence-corrected chi connectivity index (χ3v) is 2.22. The van der Waals surface area contributed by atoms with E-state index in [2.05, 4.69) is 6.58 Å². The maximum absolute atomic E-state index is 11.5. The fourth-order valence-electron chi connectivity index (χ4n) is 1.39. The second kappa shape index (κ2) is 3.37. The van der Waals surface area contributed by atoms with Gasteiger partial charge >= 0.3 is 0 Å². The number of Topliss-reactive ketones (excluding diaryl/α,β-unsaturated/α-hetero) is 1. The molecule has 3 heteroatoms. The average molecular weight is 169 g/mol. The summed E-state index contributed by atoms with van der Waals surface area (Å²) in [7, 11) is 0. The smallest absolute Gasteiger partial charge is 0.177 e. The first-order chi connectivity index (χ1) is 5.56. The molecular weight excluding hydrogens is 154 g/mol. The molecule has 0 spiro atoms. The molecular formula is C9H15NO2. The fourth-order valence-corrected chi connectivity index (χ4v) is 1.39. The number of nitrogens with two attached hydrogens (primary N) is 1. The SMILES string of the molecule is C=C(C)C(=O)C1(N)CCOCC1. The Bertz CT molecular complexity index is 205. The summed E-state index contributed by atoms with van der Waals surface area (Å²) in [6.07, 6.45) is 1.22. The lowest BCUT2D eigenvalue weighted by Gasteiger charge is -2.31. The first-order valence-electron chi connectivity index (χ1n) is 4.13. The normalized spacial score (nSPS) is 21.8. The predicted molar refractivity (Wildman–Crippen MR) is 46.8 cm³/mol. The van der Waals surface area contributed by atoms with Gasteiger partial charge < -0.3 is 10.5 Å². The summed E-state index contributed by atoms with van der Waals surface area (Å²) >= 11 is 0. The Labute approximate surface area is 72.6 Å². The molecule has 1 saturated heterocycles. The van der Waals surface area contributed by atoms with Gasteiger partial charge in [0.15, 0.2) is 5.78 Å². The second-order valence-corrected chi connectivity index (χ2v) is 3.38. The minimum Gasteiger partial charge on any atom is -0.381 e. The number of hydrogen-bond donors (Lipinski definition) is 1. The number of ketones is 1. The van der Waals surface area contributed by atoms with E-state index in [-0.39, 0.29) is 5.78 Å². The largest absolute Gasteiger partial charge is 0.381 e. The number of rotatable bonds is 2. The number of carbonyl (C=O) groups is 1. The second-order valence-electron chi connectivity index (χ2n) is 3.38. The molecule has 0 bridgehead atoms. The Balaban J connectivity index is 2.69. The third-order valence-electron chi connectivity index (χ3n) is 2.22. The average Bonchev–Trinajstić information content (AvgIpc) is 2.04. The zero-order valence-corrected chi connectivity index (χ0v) is 7.43. The molecule has 2 N–H and O–H groups in total. The topological polar surface area (TPSA) is 52.3 Å². The molecule has 0 aromatic carbocycles. The molecule has 68 valence electrons. The molecule has 1 rings (SSSR count). The van der Waals surface area contributed by atoms with E-state index in [0.29, 0.717) is 31.6 Å². The highest BCUT2D eigenvalue weighted by molar-refractivity contribution is 6.01. The van der Waals surface area contributed by atoms with Crippen LogP contribution in [0.5, 0.6) is 0 Å². The summed E-state index contributed by atoms with van der Waals surface area (Å²) in [5, 5.41) is 0. The molecule has 0 radical (unpaired) electrons. The highest BCUT2D eigenvalue weighted by Gasteiger charge is 2.35. The molecule has 1 fully saturated rings. The Kier molecular flexibility index (Phi) is 2.65. The van der Waals surface area contributed by atoms with Gasteiger partial charge in [-0.05, 0) is 25.3 Å². The standard InChI is InChI=1S/C9H15NO2/c1-7(2)8(11)9(10)3-5-12-6-4-9/h1,3-6,10H2,2H3. The predicted octanol–water partition coefficient (Wildman–Crippen LogP) is 0.639. The van der Waals surface area contributed by atoms with Gasteiger partial charge in [-0.25, -0.2) is 0 Å². The first-order valence-corrected chi connectivity index (χ1v) is 4.13. The minimum atomic E-state index is -0.704. The fraction of sp³-hybridized carbons (Fsp3) is 0.667. The number of carbonyl (C=O) groups excluding carboxylic acids is 1. The zero-order valence-electron chi connectivity index (χ0n) is 7.43. The lowest BCUT2D eigenvalue weighted by molar-refractivity contribution is -0.123. The van der Waals surface area contributed by atoms with Crippen molar-refractivity contribution in [3.63, 3.8) is 0 Å². The van der Waals surface area contributed by atoms with Crippen molar-refractivity contribution in [3.8, 4) is 0 Å². The molecule has 1 aliphatic heterocycles. The van der Waals surface area contributed by atoms with E-state index >= 15 is 0 Å². The van der Waals surface area contributed by atoms with Crippen LogP contribution in [0.3, 0.4) is 0 Å². The van der Waals surface area contributed by atoms with E-state index in [0.717, 1.165) is 0 Å². The maximum atomic E-state index is 11.5. The molecule has 3 nitrogen and oxygen atoms in total. The van der Waals surface area contributed by atoms with Crippen LogP contribution >= 0.6 is 0 Å². The number of hydrogen-bond acceptors (Lipinski definition) is 3. The van der Waals surface area contributed by atoms with E-state index in [1.807, 2.05) is 0 Å².